The molecule has 0 unspecified atom stereocenters. The molecule has 0 radical (unpaired) electrons. The average Bonchev–Trinajstić information content (AvgIpc) is 3.16. The van der Waals surface area contributed by atoms with E-state index in [4.69, 9.17) is 9.26 Å². The van der Waals surface area contributed by atoms with Crippen molar-refractivity contribution in [2.24, 2.45) is 0 Å². The van der Waals surface area contributed by atoms with Crippen LogP contribution < -0.4 is 15.4 Å². The van der Waals surface area contributed by atoms with Gasteiger partial charge in [-0.2, -0.15) is 4.98 Å². The van der Waals surface area contributed by atoms with Crippen molar-refractivity contribution in [3.05, 3.63) is 48.6 Å². The molecule has 9 heteroatoms. The predicted octanol–water partition coefficient (Wildman–Crippen LogP) is 2.67. The van der Waals surface area contributed by atoms with Crippen LogP contribution in [0.1, 0.15) is 19.2 Å². The number of benzene rings is 1. The van der Waals surface area contributed by atoms with Gasteiger partial charge in [-0.3, -0.25) is 14.6 Å². The molecule has 0 aliphatic rings. The second kappa shape index (κ2) is 8.76. The van der Waals surface area contributed by atoms with E-state index in [1.165, 1.54) is 14.0 Å². The molecule has 144 valence electrons. The van der Waals surface area contributed by atoms with Gasteiger partial charge in [0.15, 0.2) is 0 Å². The van der Waals surface area contributed by atoms with Crippen LogP contribution >= 0.6 is 0 Å². The number of nitrogens with zero attached hydrogens (tertiary/aromatic N) is 3. The van der Waals surface area contributed by atoms with E-state index in [9.17, 15) is 9.59 Å². The number of carbonyl (C=O) groups is 2. The lowest BCUT2D eigenvalue weighted by Crippen LogP contribution is -2.14. The van der Waals surface area contributed by atoms with Crippen molar-refractivity contribution < 1.29 is 18.8 Å². The fourth-order valence-corrected chi connectivity index (χ4v) is 2.49. The minimum Gasteiger partial charge on any atom is -0.495 e. The van der Waals surface area contributed by atoms with E-state index in [1.54, 1.807) is 42.7 Å². The molecule has 0 bridgehead atoms. The Labute approximate surface area is 161 Å². The zero-order valence-corrected chi connectivity index (χ0v) is 15.4. The zero-order chi connectivity index (χ0) is 19.9. The lowest BCUT2D eigenvalue weighted by atomic mass is 10.2. The Hall–Kier alpha value is -3.75. The minimum atomic E-state index is -0.248. The molecular formula is C19H19N5O4. The van der Waals surface area contributed by atoms with Crippen molar-refractivity contribution in [1.82, 2.24) is 15.1 Å². The Morgan fingerprint density at radius 2 is 1.93 bits per heavy atom. The quantitative estimate of drug-likeness (QED) is 0.646. The molecule has 0 fully saturated rings. The first kappa shape index (κ1) is 19.0. The number of nitrogens with one attached hydrogen (secondary N) is 2. The second-order valence-corrected chi connectivity index (χ2v) is 5.89. The van der Waals surface area contributed by atoms with Gasteiger partial charge in [-0.15, -0.1) is 0 Å². The Bertz CT molecular complexity index is 971. The molecule has 9 nitrogen and oxygen atoms in total. The highest BCUT2D eigenvalue weighted by molar-refractivity contribution is 5.95. The summed E-state index contributed by atoms with van der Waals surface area (Å²) in [4.78, 5) is 31.7. The molecule has 0 saturated heterocycles. The Morgan fingerprint density at radius 3 is 2.64 bits per heavy atom. The normalized spacial score (nSPS) is 10.4. The van der Waals surface area contributed by atoms with Crippen LogP contribution in [0.3, 0.4) is 0 Å². The highest BCUT2D eigenvalue weighted by atomic mass is 16.5. The van der Waals surface area contributed by atoms with Gasteiger partial charge in [0.25, 0.3) is 0 Å². The van der Waals surface area contributed by atoms with Crippen molar-refractivity contribution in [2.45, 2.75) is 19.8 Å². The SMILES string of the molecule is COc1ccc(NC(C)=O)cc1NC(=O)CCc1nc(-c2ccncc2)no1. The summed E-state index contributed by atoms with van der Waals surface area (Å²) in [7, 11) is 1.50. The van der Waals surface area contributed by atoms with Gasteiger partial charge >= 0.3 is 0 Å². The summed E-state index contributed by atoms with van der Waals surface area (Å²) in [5, 5.41) is 9.34. The van der Waals surface area contributed by atoms with Crippen molar-refractivity contribution in [3.63, 3.8) is 0 Å². The zero-order valence-electron chi connectivity index (χ0n) is 15.4. The van der Waals surface area contributed by atoms with E-state index in [-0.39, 0.29) is 24.7 Å². The number of ether oxygens (including phenoxy) is 1. The number of rotatable bonds is 7. The minimum absolute atomic E-state index is 0.144. The van der Waals surface area contributed by atoms with Crippen molar-refractivity contribution in [2.75, 3.05) is 17.7 Å². The average molecular weight is 381 g/mol. The van der Waals surface area contributed by atoms with E-state index in [2.05, 4.69) is 25.8 Å². The monoisotopic (exact) mass is 381 g/mol. The topological polar surface area (TPSA) is 119 Å². The van der Waals surface area contributed by atoms with Crippen molar-refractivity contribution >= 4 is 23.2 Å². The summed E-state index contributed by atoms with van der Waals surface area (Å²) < 4.78 is 10.4. The van der Waals surface area contributed by atoms with Crippen molar-refractivity contribution in [3.8, 4) is 17.1 Å². The van der Waals surface area contributed by atoms with Gasteiger partial charge in [-0.25, -0.2) is 0 Å². The first-order chi connectivity index (χ1) is 13.5. The molecule has 0 saturated carbocycles. The Morgan fingerprint density at radius 1 is 1.14 bits per heavy atom. The van der Waals surface area contributed by atoms with Gasteiger partial charge in [0.2, 0.25) is 23.5 Å². The smallest absolute Gasteiger partial charge is 0.227 e. The highest BCUT2D eigenvalue weighted by Crippen LogP contribution is 2.28. The van der Waals surface area contributed by atoms with Crippen LogP contribution in [0.4, 0.5) is 11.4 Å². The van der Waals surface area contributed by atoms with Gasteiger partial charge in [-0.1, -0.05) is 5.16 Å². The number of hydrogen-bond acceptors (Lipinski definition) is 7. The summed E-state index contributed by atoms with van der Waals surface area (Å²) in [5.41, 5.74) is 1.80. The number of methoxy groups -OCH3 is 1. The fraction of sp³-hybridized carbons (Fsp3) is 0.211. The maximum Gasteiger partial charge on any atom is 0.227 e. The van der Waals surface area contributed by atoms with Crippen LogP contribution in [0.25, 0.3) is 11.4 Å². The number of aryl methyl sites for hydroxylation is 1. The summed E-state index contributed by atoms with van der Waals surface area (Å²) >= 11 is 0. The summed E-state index contributed by atoms with van der Waals surface area (Å²) in [5.74, 6) is 0.842. The van der Waals surface area contributed by atoms with Crippen molar-refractivity contribution in [1.29, 1.82) is 0 Å². The third-order valence-electron chi connectivity index (χ3n) is 3.77. The maximum absolute atomic E-state index is 12.3. The predicted molar refractivity (Wildman–Crippen MR) is 102 cm³/mol. The first-order valence-corrected chi connectivity index (χ1v) is 8.53. The molecule has 3 aromatic rings. The summed E-state index contributed by atoms with van der Waals surface area (Å²) in [6, 6.07) is 8.53. The maximum atomic E-state index is 12.3. The third kappa shape index (κ3) is 4.91. The standard InChI is InChI=1S/C19H19N5O4/c1-12(25)21-14-3-4-16(27-2)15(11-14)22-17(26)5-6-18-23-19(24-28-18)13-7-9-20-10-8-13/h3-4,7-11H,5-6H2,1-2H3,(H,21,25)(H,22,26). The van der Waals surface area contributed by atoms with E-state index >= 15 is 0 Å². The van der Waals surface area contributed by atoms with E-state index < -0.39 is 0 Å². The number of hydrogen-bond donors (Lipinski definition) is 2. The van der Waals surface area contributed by atoms with E-state index in [0.29, 0.717) is 28.8 Å². The van der Waals surface area contributed by atoms with Crippen LogP contribution in [0.2, 0.25) is 0 Å². The number of amides is 2. The fourth-order valence-electron chi connectivity index (χ4n) is 2.49. The molecule has 2 N–H and O–H groups in total. The molecule has 0 spiro atoms. The van der Waals surface area contributed by atoms with Gasteiger partial charge in [0, 0.05) is 43.4 Å². The first-order valence-electron chi connectivity index (χ1n) is 8.53. The molecule has 1 aromatic carbocycles. The van der Waals surface area contributed by atoms with E-state index in [1.807, 2.05) is 0 Å². The van der Waals surface area contributed by atoms with Gasteiger partial charge in [0.05, 0.1) is 12.8 Å². The molecule has 0 aliphatic heterocycles. The van der Waals surface area contributed by atoms with Gasteiger partial charge in [0.1, 0.15) is 5.75 Å². The molecule has 0 aliphatic carbocycles. The van der Waals surface area contributed by atoms with Crippen LogP contribution in [0.15, 0.2) is 47.2 Å². The number of aromatic nitrogens is 3. The van der Waals surface area contributed by atoms with Gasteiger partial charge < -0.3 is 19.9 Å². The molecule has 2 aromatic heterocycles. The Kier molecular flexibility index (Phi) is 5.95. The number of carbonyl (C=O) groups excluding carboxylic acids is 2. The molecular weight excluding hydrogens is 362 g/mol. The van der Waals surface area contributed by atoms with Crippen LogP contribution in [-0.4, -0.2) is 34.0 Å². The summed E-state index contributed by atoms with van der Waals surface area (Å²) in [6.45, 7) is 1.41. The molecule has 2 heterocycles. The molecule has 2 amide bonds. The highest BCUT2D eigenvalue weighted by Gasteiger charge is 2.13. The number of anilines is 2. The molecule has 3 rings (SSSR count). The van der Waals surface area contributed by atoms with Crippen LogP contribution in [0.5, 0.6) is 5.75 Å². The van der Waals surface area contributed by atoms with Crippen LogP contribution in [0, 0.1) is 0 Å². The third-order valence-corrected chi connectivity index (χ3v) is 3.77. The Balaban J connectivity index is 1.61. The lowest BCUT2D eigenvalue weighted by Gasteiger charge is -2.12. The van der Waals surface area contributed by atoms with Crippen LogP contribution in [-0.2, 0) is 16.0 Å². The van der Waals surface area contributed by atoms with Gasteiger partial charge in [-0.05, 0) is 30.3 Å². The molecule has 0 atom stereocenters. The number of pyridine rings is 1. The molecule has 28 heavy (non-hydrogen) atoms. The largest absolute Gasteiger partial charge is 0.495 e. The second-order valence-electron chi connectivity index (χ2n) is 5.89. The van der Waals surface area contributed by atoms with E-state index in [0.717, 1.165) is 5.56 Å². The lowest BCUT2D eigenvalue weighted by molar-refractivity contribution is -0.116. The summed E-state index contributed by atoms with van der Waals surface area (Å²) in [6.07, 6.45) is 3.71.